The van der Waals surface area contributed by atoms with Crippen molar-refractivity contribution < 1.29 is 9.90 Å². The summed E-state index contributed by atoms with van der Waals surface area (Å²) in [7, 11) is 0. The SMILES string of the molecule is Nc1cnc(Cl)c(C(=O)N2CCC(O)CC2)c1. The van der Waals surface area contributed by atoms with Crippen molar-refractivity contribution >= 4 is 23.2 Å². The Labute approximate surface area is 104 Å². The molecule has 1 aliphatic heterocycles. The van der Waals surface area contributed by atoms with Crippen LogP contribution in [0.15, 0.2) is 12.3 Å². The predicted octanol–water partition coefficient (Wildman–Crippen LogP) is 0.914. The summed E-state index contributed by atoms with van der Waals surface area (Å²) in [6.45, 7) is 1.07. The number of hydrogen-bond donors (Lipinski definition) is 2. The summed E-state index contributed by atoms with van der Waals surface area (Å²) in [6, 6.07) is 1.53. The van der Waals surface area contributed by atoms with Gasteiger partial charge >= 0.3 is 0 Å². The molecule has 0 aromatic carbocycles. The van der Waals surface area contributed by atoms with Gasteiger partial charge in [-0.1, -0.05) is 11.6 Å². The van der Waals surface area contributed by atoms with Gasteiger partial charge in [0, 0.05) is 13.1 Å². The molecule has 1 amide bonds. The number of anilines is 1. The second-order valence-electron chi connectivity index (χ2n) is 4.13. The van der Waals surface area contributed by atoms with Crippen molar-refractivity contribution in [1.82, 2.24) is 9.88 Å². The molecule has 0 spiro atoms. The second-order valence-corrected chi connectivity index (χ2v) is 4.49. The normalized spacial score (nSPS) is 17.2. The van der Waals surface area contributed by atoms with Crippen LogP contribution < -0.4 is 5.73 Å². The van der Waals surface area contributed by atoms with Gasteiger partial charge in [-0.05, 0) is 18.9 Å². The van der Waals surface area contributed by atoms with Crippen LogP contribution in [0.3, 0.4) is 0 Å². The van der Waals surface area contributed by atoms with Gasteiger partial charge in [0.15, 0.2) is 0 Å². The molecular formula is C11H14ClN3O2. The molecule has 1 aliphatic rings. The fourth-order valence-electron chi connectivity index (χ4n) is 1.85. The molecule has 0 saturated carbocycles. The highest BCUT2D eigenvalue weighted by Crippen LogP contribution is 2.20. The average molecular weight is 256 g/mol. The number of nitrogen functional groups attached to an aromatic ring is 1. The first-order chi connectivity index (χ1) is 8.08. The maximum absolute atomic E-state index is 12.1. The molecule has 2 rings (SSSR count). The van der Waals surface area contributed by atoms with Crippen molar-refractivity contribution in [2.24, 2.45) is 0 Å². The van der Waals surface area contributed by atoms with Gasteiger partial charge in [-0.2, -0.15) is 0 Å². The highest BCUT2D eigenvalue weighted by Gasteiger charge is 2.24. The van der Waals surface area contributed by atoms with Gasteiger partial charge in [-0.3, -0.25) is 4.79 Å². The minimum Gasteiger partial charge on any atom is -0.397 e. The largest absolute Gasteiger partial charge is 0.397 e. The molecule has 6 heteroatoms. The van der Waals surface area contributed by atoms with Crippen LogP contribution in [0, 0.1) is 0 Å². The lowest BCUT2D eigenvalue weighted by molar-refractivity contribution is 0.0546. The third kappa shape index (κ3) is 2.68. The number of rotatable bonds is 1. The number of amides is 1. The molecule has 3 N–H and O–H groups in total. The molecule has 5 nitrogen and oxygen atoms in total. The fourth-order valence-corrected chi connectivity index (χ4v) is 2.04. The number of carbonyl (C=O) groups excluding carboxylic acids is 1. The Morgan fingerprint density at radius 3 is 2.82 bits per heavy atom. The number of likely N-dealkylation sites (tertiary alicyclic amines) is 1. The number of nitrogens with zero attached hydrogens (tertiary/aromatic N) is 2. The lowest BCUT2D eigenvalue weighted by Gasteiger charge is -2.29. The average Bonchev–Trinajstić information content (AvgIpc) is 2.32. The number of piperidine rings is 1. The van der Waals surface area contributed by atoms with Crippen LogP contribution in [-0.4, -0.2) is 40.1 Å². The van der Waals surface area contributed by atoms with E-state index >= 15 is 0 Å². The number of pyridine rings is 1. The number of aromatic nitrogens is 1. The first kappa shape index (κ1) is 12.1. The van der Waals surface area contributed by atoms with Gasteiger partial charge in [0.05, 0.1) is 23.6 Å². The number of halogens is 1. The van der Waals surface area contributed by atoms with Crippen LogP contribution in [0.1, 0.15) is 23.2 Å². The first-order valence-electron chi connectivity index (χ1n) is 5.46. The standard InChI is InChI=1S/C11H14ClN3O2/c12-10-9(5-7(13)6-14-10)11(17)15-3-1-8(16)2-4-15/h5-6,8,16H,1-4,13H2. The van der Waals surface area contributed by atoms with E-state index in [1.54, 1.807) is 4.90 Å². The van der Waals surface area contributed by atoms with Crippen LogP contribution in [0.25, 0.3) is 0 Å². The molecule has 1 aromatic heterocycles. The van der Waals surface area contributed by atoms with Crippen molar-refractivity contribution in [2.75, 3.05) is 18.8 Å². The molecule has 0 atom stereocenters. The Morgan fingerprint density at radius 1 is 1.53 bits per heavy atom. The highest BCUT2D eigenvalue weighted by atomic mass is 35.5. The molecular weight excluding hydrogens is 242 g/mol. The van der Waals surface area contributed by atoms with E-state index in [0.717, 1.165) is 0 Å². The molecule has 1 fully saturated rings. The van der Waals surface area contributed by atoms with Gasteiger partial charge in [-0.25, -0.2) is 4.98 Å². The molecule has 0 bridgehead atoms. The van der Waals surface area contributed by atoms with Crippen LogP contribution in [0.2, 0.25) is 5.15 Å². The third-order valence-electron chi connectivity index (χ3n) is 2.84. The molecule has 2 heterocycles. The minimum atomic E-state index is -0.312. The number of carbonyl (C=O) groups is 1. The van der Waals surface area contributed by atoms with Crippen molar-refractivity contribution in [3.05, 3.63) is 23.0 Å². The summed E-state index contributed by atoms with van der Waals surface area (Å²) in [5.74, 6) is -0.179. The Morgan fingerprint density at radius 2 is 2.18 bits per heavy atom. The summed E-state index contributed by atoms with van der Waals surface area (Å²) in [4.78, 5) is 17.7. The third-order valence-corrected chi connectivity index (χ3v) is 3.14. The lowest BCUT2D eigenvalue weighted by atomic mass is 10.1. The Balaban J connectivity index is 2.16. The number of aliphatic hydroxyl groups excluding tert-OH is 1. The van der Waals surface area contributed by atoms with E-state index < -0.39 is 0 Å². The molecule has 0 unspecified atom stereocenters. The number of nitrogens with two attached hydrogens (primary N) is 1. The quantitative estimate of drug-likeness (QED) is 0.731. The zero-order chi connectivity index (χ0) is 12.4. The predicted molar refractivity (Wildman–Crippen MR) is 64.8 cm³/mol. The monoisotopic (exact) mass is 255 g/mol. The van der Waals surface area contributed by atoms with E-state index in [1.807, 2.05) is 0 Å². The van der Waals surface area contributed by atoms with E-state index in [9.17, 15) is 9.90 Å². The Kier molecular flexibility index (Phi) is 3.49. The maximum atomic E-state index is 12.1. The van der Waals surface area contributed by atoms with Crippen LogP contribution in [-0.2, 0) is 0 Å². The molecule has 92 valence electrons. The Hall–Kier alpha value is -1.33. The summed E-state index contributed by atoms with van der Waals surface area (Å²) in [5, 5.41) is 9.54. The summed E-state index contributed by atoms with van der Waals surface area (Å²) >= 11 is 5.88. The van der Waals surface area contributed by atoms with Crippen molar-refractivity contribution in [3.8, 4) is 0 Å². The van der Waals surface area contributed by atoms with E-state index in [-0.39, 0.29) is 17.2 Å². The van der Waals surface area contributed by atoms with Gasteiger partial charge in [-0.15, -0.1) is 0 Å². The summed E-state index contributed by atoms with van der Waals surface area (Å²) < 4.78 is 0. The smallest absolute Gasteiger partial charge is 0.257 e. The zero-order valence-corrected chi connectivity index (χ0v) is 10.0. The van der Waals surface area contributed by atoms with Crippen LogP contribution >= 0.6 is 11.6 Å². The minimum absolute atomic E-state index is 0.162. The lowest BCUT2D eigenvalue weighted by Crippen LogP contribution is -2.40. The maximum Gasteiger partial charge on any atom is 0.257 e. The molecule has 1 aromatic rings. The van der Waals surface area contributed by atoms with E-state index in [0.29, 0.717) is 37.2 Å². The zero-order valence-electron chi connectivity index (χ0n) is 9.27. The van der Waals surface area contributed by atoms with E-state index in [4.69, 9.17) is 17.3 Å². The molecule has 17 heavy (non-hydrogen) atoms. The summed E-state index contributed by atoms with van der Waals surface area (Å²) in [5.41, 5.74) is 6.32. The topological polar surface area (TPSA) is 79.5 Å². The first-order valence-corrected chi connectivity index (χ1v) is 5.84. The number of hydrogen-bond acceptors (Lipinski definition) is 4. The van der Waals surface area contributed by atoms with Gasteiger partial charge < -0.3 is 15.7 Å². The molecule has 0 radical (unpaired) electrons. The summed E-state index contributed by atoms with van der Waals surface area (Å²) in [6.07, 6.45) is 2.30. The molecule has 1 saturated heterocycles. The van der Waals surface area contributed by atoms with Crippen LogP contribution in [0.5, 0.6) is 0 Å². The highest BCUT2D eigenvalue weighted by molar-refractivity contribution is 6.32. The fraction of sp³-hybridized carbons (Fsp3) is 0.455. The van der Waals surface area contributed by atoms with Crippen molar-refractivity contribution in [2.45, 2.75) is 18.9 Å². The van der Waals surface area contributed by atoms with Gasteiger partial charge in [0.1, 0.15) is 5.15 Å². The van der Waals surface area contributed by atoms with Crippen molar-refractivity contribution in [1.29, 1.82) is 0 Å². The van der Waals surface area contributed by atoms with Gasteiger partial charge in [0.25, 0.3) is 5.91 Å². The second kappa shape index (κ2) is 4.89. The molecule has 0 aliphatic carbocycles. The van der Waals surface area contributed by atoms with Crippen LogP contribution in [0.4, 0.5) is 5.69 Å². The van der Waals surface area contributed by atoms with E-state index in [2.05, 4.69) is 4.98 Å². The number of aliphatic hydroxyl groups is 1. The van der Waals surface area contributed by atoms with Gasteiger partial charge in [0.2, 0.25) is 0 Å². The Bertz CT molecular complexity index is 431. The van der Waals surface area contributed by atoms with E-state index in [1.165, 1.54) is 12.3 Å². The van der Waals surface area contributed by atoms with Crippen molar-refractivity contribution in [3.63, 3.8) is 0 Å².